The second-order valence-electron chi connectivity index (χ2n) is 4.44. The molecule has 1 atom stereocenters. The zero-order valence-corrected chi connectivity index (χ0v) is 12.4. The van der Waals surface area contributed by atoms with Gasteiger partial charge in [-0.3, -0.25) is 0 Å². The number of aromatic carboxylic acids is 1. The number of carbonyl (C=O) groups excluding carboxylic acids is 1. The van der Waals surface area contributed by atoms with Gasteiger partial charge in [0.25, 0.3) is 0 Å². The molecule has 0 saturated heterocycles. The summed E-state index contributed by atoms with van der Waals surface area (Å²) in [5.74, 6) is -1.18. The van der Waals surface area contributed by atoms with Crippen molar-refractivity contribution in [2.75, 3.05) is 12.4 Å². The highest BCUT2D eigenvalue weighted by molar-refractivity contribution is 7.10. The Bertz CT molecular complexity index is 643. The van der Waals surface area contributed by atoms with Gasteiger partial charge in [-0.15, -0.1) is 11.3 Å². The van der Waals surface area contributed by atoms with Crippen molar-refractivity contribution < 1.29 is 14.7 Å². The molecule has 2 N–H and O–H groups in total. The monoisotopic (exact) mass is 305 g/mol. The van der Waals surface area contributed by atoms with E-state index in [9.17, 15) is 9.59 Å². The molecule has 0 aliphatic rings. The first-order chi connectivity index (χ1) is 10.0. The smallest absolute Gasteiger partial charge is 0.356 e. The first-order valence-electron chi connectivity index (χ1n) is 6.26. The number of nitrogens with one attached hydrogen (secondary N) is 1. The molecule has 2 amide bonds. The van der Waals surface area contributed by atoms with E-state index < -0.39 is 5.97 Å². The number of nitrogens with zero attached hydrogens (tertiary/aromatic N) is 2. The molecule has 1 unspecified atom stereocenters. The number of urea groups is 1. The molecule has 0 aliphatic carbocycles. The third kappa shape index (κ3) is 3.38. The summed E-state index contributed by atoms with van der Waals surface area (Å²) in [4.78, 5) is 29.6. The maximum Gasteiger partial charge on any atom is 0.356 e. The minimum Gasteiger partial charge on any atom is -0.476 e. The van der Waals surface area contributed by atoms with Crippen LogP contribution < -0.4 is 5.32 Å². The Morgan fingerprint density at radius 2 is 2.14 bits per heavy atom. The molecule has 0 bridgehead atoms. The Labute approximate surface area is 126 Å². The molecule has 21 heavy (non-hydrogen) atoms. The minimum atomic E-state index is -1.18. The summed E-state index contributed by atoms with van der Waals surface area (Å²) in [6, 6.07) is 6.47. The highest BCUT2D eigenvalue weighted by Crippen LogP contribution is 2.24. The van der Waals surface area contributed by atoms with Gasteiger partial charge in [0.1, 0.15) is 0 Å². The largest absolute Gasteiger partial charge is 0.476 e. The lowest BCUT2D eigenvalue weighted by Crippen LogP contribution is -2.33. The van der Waals surface area contributed by atoms with E-state index >= 15 is 0 Å². The Balaban J connectivity index is 2.13. The highest BCUT2D eigenvalue weighted by atomic mass is 32.1. The van der Waals surface area contributed by atoms with Crippen molar-refractivity contribution in [1.82, 2.24) is 9.88 Å². The molecule has 2 aromatic heterocycles. The van der Waals surface area contributed by atoms with Crippen LogP contribution in [0.4, 0.5) is 10.5 Å². The number of anilines is 1. The van der Waals surface area contributed by atoms with Crippen molar-refractivity contribution in [2.24, 2.45) is 0 Å². The summed E-state index contributed by atoms with van der Waals surface area (Å²) in [6.07, 6.45) is 1.37. The van der Waals surface area contributed by atoms with Crippen LogP contribution >= 0.6 is 11.3 Å². The average Bonchev–Trinajstić information content (AvgIpc) is 3.00. The van der Waals surface area contributed by atoms with Gasteiger partial charge < -0.3 is 15.3 Å². The maximum atomic E-state index is 12.2. The van der Waals surface area contributed by atoms with E-state index in [1.165, 1.54) is 17.2 Å². The third-order valence-electron chi connectivity index (χ3n) is 3.11. The van der Waals surface area contributed by atoms with Crippen LogP contribution in [-0.2, 0) is 0 Å². The Hall–Kier alpha value is -2.41. The SMILES string of the molecule is CC(c1cccs1)N(C)C(=O)Nc1cccnc1C(=O)O. The van der Waals surface area contributed by atoms with Gasteiger partial charge in [0.05, 0.1) is 11.7 Å². The predicted molar refractivity (Wildman–Crippen MR) is 80.7 cm³/mol. The van der Waals surface area contributed by atoms with Gasteiger partial charge >= 0.3 is 12.0 Å². The fraction of sp³-hybridized carbons (Fsp3) is 0.214. The van der Waals surface area contributed by atoms with E-state index in [-0.39, 0.29) is 23.5 Å². The van der Waals surface area contributed by atoms with Crippen molar-refractivity contribution in [2.45, 2.75) is 13.0 Å². The quantitative estimate of drug-likeness (QED) is 0.909. The molecular formula is C14H15N3O3S. The van der Waals surface area contributed by atoms with Crippen LogP contribution in [0.5, 0.6) is 0 Å². The number of rotatable bonds is 4. The van der Waals surface area contributed by atoms with Crippen molar-refractivity contribution >= 4 is 29.0 Å². The molecule has 0 spiro atoms. The van der Waals surface area contributed by atoms with E-state index in [0.29, 0.717) is 0 Å². The number of amides is 2. The zero-order valence-electron chi connectivity index (χ0n) is 11.6. The highest BCUT2D eigenvalue weighted by Gasteiger charge is 2.20. The van der Waals surface area contributed by atoms with E-state index in [2.05, 4.69) is 10.3 Å². The summed E-state index contributed by atoms with van der Waals surface area (Å²) in [5, 5.41) is 13.6. The second-order valence-corrected chi connectivity index (χ2v) is 5.42. The number of carboxylic acids is 1. The molecule has 110 valence electrons. The van der Waals surface area contributed by atoms with Gasteiger partial charge in [0, 0.05) is 18.1 Å². The van der Waals surface area contributed by atoms with Crippen LogP contribution in [0.25, 0.3) is 0 Å². The molecule has 6 nitrogen and oxygen atoms in total. The molecular weight excluding hydrogens is 290 g/mol. The van der Waals surface area contributed by atoms with Crippen LogP contribution in [-0.4, -0.2) is 34.0 Å². The third-order valence-corrected chi connectivity index (χ3v) is 4.15. The number of pyridine rings is 1. The number of aromatic nitrogens is 1. The predicted octanol–water partition coefficient (Wildman–Crippen LogP) is 3.07. The van der Waals surface area contributed by atoms with Crippen molar-refractivity contribution in [3.05, 3.63) is 46.4 Å². The van der Waals surface area contributed by atoms with E-state index in [1.807, 2.05) is 24.4 Å². The van der Waals surface area contributed by atoms with E-state index in [1.54, 1.807) is 24.5 Å². The number of carboxylic acid groups (broad SMARTS) is 1. The van der Waals surface area contributed by atoms with Crippen molar-refractivity contribution in [3.63, 3.8) is 0 Å². The molecule has 2 aromatic rings. The van der Waals surface area contributed by atoms with E-state index in [0.717, 1.165) is 4.88 Å². The molecule has 2 rings (SSSR count). The van der Waals surface area contributed by atoms with Crippen LogP contribution in [0.15, 0.2) is 35.8 Å². The summed E-state index contributed by atoms with van der Waals surface area (Å²) < 4.78 is 0. The molecule has 2 heterocycles. The van der Waals surface area contributed by atoms with Gasteiger partial charge in [0.15, 0.2) is 5.69 Å². The Kier molecular flexibility index (Phi) is 4.54. The van der Waals surface area contributed by atoms with Crippen LogP contribution in [0.2, 0.25) is 0 Å². The zero-order chi connectivity index (χ0) is 15.4. The number of hydrogen-bond donors (Lipinski definition) is 2. The maximum absolute atomic E-state index is 12.2. The Morgan fingerprint density at radius 3 is 2.76 bits per heavy atom. The van der Waals surface area contributed by atoms with Crippen molar-refractivity contribution in [1.29, 1.82) is 0 Å². The van der Waals surface area contributed by atoms with Crippen LogP contribution in [0.3, 0.4) is 0 Å². The van der Waals surface area contributed by atoms with Gasteiger partial charge in [0.2, 0.25) is 0 Å². The Morgan fingerprint density at radius 1 is 1.38 bits per heavy atom. The lowest BCUT2D eigenvalue weighted by Gasteiger charge is -2.24. The lowest BCUT2D eigenvalue weighted by molar-refractivity contribution is 0.0691. The summed E-state index contributed by atoms with van der Waals surface area (Å²) >= 11 is 1.56. The van der Waals surface area contributed by atoms with Crippen LogP contribution in [0.1, 0.15) is 28.3 Å². The minimum absolute atomic E-state index is 0.102. The summed E-state index contributed by atoms with van der Waals surface area (Å²) in [6.45, 7) is 1.91. The number of carbonyl (C=O) groups is 2. The standard InChI is InChI=1S/C14H15N3O3S/c1-9(11-6-4-8-21-11)17(2)14(20)16-10-5-3-7-15-12(10)13(18)19/h3-9H,1-2H3,(H,16,20)(H,18,19). The molecule has 0 fully saturated rings. The van der Waals surface area contributed by atoms with Crippen molar-refractivity contribution in [3.8, 4) is 0 Å². The molecule has 0 radical (unpaired) electrons. The average molecular weight is 305 g/mol. The first kappa shape index (κ1) is 15.0. The fourth-order valence-electron chi connectivity index (χ4n) is 1.78. The normalized spacial score (nSPS) is 11.7. The van der Waals surface area contributed by atoms with Crippen LogP contribution in [0, 0.1) is 0 Å². The van der Waals surface area contributed by atoms with Gasteiger partial charge in [-0.2, -0.15) is 0 Å². The second kappa shape index (κ2) is 6.36. The first-order valence-corrected chi connectivity index (χ1v) is 7.14. The molecule has 0 aliphatic heterocycles. The fourth-order valence-corrected chi connectivity index (χ4v) is 2.60. The van der Waals surface area contributed by atoms with Gasteiger partial charge in [-0.1, -0.05) is 6.07 Å². The summed E-state index contributed by atoms with van der Waals surface area (Å²) in [5.41, 5.74) is 0.00302. The molecule has 0 saturated carbocycles. The van der Waals surface area contributed by atoms with Gasteiger partial charge in [-0.25, -0.2) is 14.6 Å². The lowest BCUT2D eigenvalue weighted by atomic mass is 10.2. The summed E-state index contributed by atoms with van der Waals surface area (Å²) in [7, 11) is 1.66. The number of thiophene rings is 1. The number of hydrogen-bond acceptors (Lipinski definition) is 4. The van der Waals surface area contributed by atoms with Gasteiger partial charge in [-0.05, 0) is 30.5 Å². The van der Waals surface area contributed by atoms with E-state index in [4.69, 9.17) is 5.11 Å². The molecule has 0 aromatic carbocycles. The topological polar surface area (TPSA) is 82.5 Å². The molecule has 7 heteroatoms.